The molecule has 1 aliphatic heterocycles. The van der Waals surface area contributed by atoms with Crippen LogP contribution in [0.1, 0.15) is 11.3 Å². The van der Waals surface area contributed by atoms with Crippen LogP contribution in [-0.2, 0) is 16.0 Å². The lowest BCUT2D eigenvalue weighted by atomic mass is 10.2. The largest absolute Gasteiger partial charge is 0.497 e. The molecule has 7 nitrogen and oxygen atoms in total. The van der Waals surface area contributed by atoms with Gasteiger partial charge in [0.1, 0.15) is 5.75 Å². The third-order valence-electron chi connectivity index (χ3n) is 5.60. The van der Waals surface area contributed by atoms with E-state index in [1.165, 1.54) is 23.1 Å². The molecule has 1 saturated heterocycles. The van der Waals surface area contributed by atoms with Gasteiger partial charge < -0.3 is 19.9 Å². The Hall–Kier alpha value is -3.04. The maximum absolute atomic E-state index is 12.8. The van der Waals surface area contributed by atoms with Gasteiger partial charge >= 0.3 is 0 Å². The van der Waals surface area contributed by atoms with Gasteiger partial charge in [-0.15, -0.1) is 11.3 Å². The number of amides is 2. The Kier molecular flexibility index (Phi) is 8.08. The zero-order chi connectivity index (χ0) is 23.9. The number of nitrogens with zero attached hydrogens (tertiary/aromatic N) is 3. The molecule has 3 aromatic rings. The van der Waals surface area contributed by atoms with Gasteiger partial charge in [-0.2, -0.15) is 0 Å². The lowest BCUT2D eigenvalue weighted by Gasteiger charge is -2.36. The Labute approximate surface area is 208 Å². The molecule has 1 fully saturated rings. The molecule has 1 N–H and O–H groups in total. The Morgan fingerprint density at radius 1 is 1.06 bits per heavy atom. The molecule has 0 spiro atoms. The van der Waals surface area contributed by atoms with Crippen molar-refractivity contribution >= 4 is 46.3 Å². The number of thiazole rings is 1. The van der Waals surface area contributed by atoms with E-state index >= 15 is 0 Å². The molecule has 178 valence electrons. The van der Waals surface area contributed by atoms with Crippen LogP contribution in [0.25, 0.3) is 0 Å². The van der Waals surface area contributed by atoms with Gasteiger partial charge in [-0.1, -0.05) is 29.5 Å². The molecule has 34 heavy (non-hydrogen) atoms. The maximum Gasteiger partial charge on any atom is 0.234 e. The number of anilines is 2. The summed E-state index contributed by atoms with van der Waals surface area (Å²) < 4.78 is 6.02. The van der Waals surface area contributed by atoms with Crippen molar-refractivity contribution in [2.75, 3.05) is 49.3 Å². The van der Waals surface area contributed by atoms with E-state index in [0.29, 0.717) is 13.1 Å². The van der Waals surface area contributed by atoms with E-state index in [9.17, 15) is 9.59 Å². The number of aryl methyl sites for hydroxylation is 1. The summed E-state index contributed by atoms with van der Waals surface area (Å²) in [5.41, 5.74) is 3.83. The minimum absolute atomic E-state index is 0.0728. The number of rotatable bonds is 8. The van der Waals surface area contributed by atoms with E-state index in [1.54, 1.807) is 7.11 Å². The van der Waals surface area contributed by atoms with Crippen LogP contribution >= 0.6 is 23.1 Å². The average molecular weight is 497 g/mol. The van der Waals surface area contributed by atoms with Crippen molar-refractivity contribution in [3.05, 3.63) is 65.2 Å². The number of hydrogen-bond acceptors (Lipinski definition) is 7. The average Bonchev–Trinajstić information content (AvgIpc) is 3.31. The molecular weight excluding hydrogens is 468 g/mol. The number of hydrogen-bond donors (Lipinski definition) is 1. The van der Waals surface area contributed by atoms with Gasteiger partial charge in [-0.3, -0.25) is 9.59 Å². The zero-order valence-corrected chi connectivity index (χ0v) is 21.0. The van der Waals surface area contributed by atoms with E-state index in [0.717, 1.165) is 45.8 Å². The van der Waals surface area contributed by atoms with E-state index in [2.05, 4.69) is 15.2 Å². The molecule has 0 bridgehead atoms. The molecule has 0 unspecified atom stereocenters. The Bertz CT molecular complexity index is 1110. The van der Waals surface area contributed by atoms with Gasteiger partial charge in [0.15, 0.2) is 4.34 Å². The summed E-state index contributed by atoms with van der Waals surface area (Å²) in [6.45, 7) is 4.99. The number of ether oxygens (including phenoxy) is 1. The van der Waals surface area contributed by atoms with Crippen LogP contribution in [0.2, 0.25) is 0 Å². The van der Waals surface area contributed by atoms with E-state index in [1.807, 2.05) is 65.7 Å². The summed E-state index contributed by atoms with van der Waals surface area (Å²) in [6, 6.07) is 15.7. The molecule has 4 rings (SSSR count). The van der Waals surface area contributed by atoms with E-state index in [4.69, 9.17) is 4.74 Å². The second-order valence-electron chi connectivity index (χ2n) is 8.05. The second-order valence-corrected chi connectivity index (χ2v) is 10.1. The highest BCUT2D eigenvalue weighted by molar-refractivity contribution is 8.01. The Morgan fingerprint density at radius 2 is 1.76 bits per heavy atom. The van der Waals surface area contributed by atoms with Crippen molar-refractivity contribution in [2.24, 2.45) is 0 Å². The predicted molar refractivity (Wildman–Crippen MR) is 138 cm³/mol. The topological polar surface area (TPSA) is 74.8 Å². The Morgan fingerprint density at radius 3 is 2.44 bits per heavy atom. The van der Waals surface area contributed by atoms with Crippen LogP contribution in [0, 0.1) is 6.92 Å². The number of carbonyl (C=O) groups is 2. The van der Waals surface area contributed by atoms with Gasteiger partial charge in [-0.25, -0.2) is 4.98 Å². The SMILES string of the molecule is COc1ccc(N2CCN(C(=O)Cc3csc(SCC(=O)Nc4ccc(C)cc4)n3)CC2)cc1. The molecule has 2 amide bonds. The summed E-state index contributed by atoms with van der Waals surface area (Å²) in [4.78, 5) is 33.7. The minimum Gasteiger partial charge on any atom is -0.497 e. The van der Waals surface area contributed by atoms with Crippen molar-refractivity contribution in [3.8, 4) is 5.75 Å². The molecule has 1 aromatic heterocycles. The van der Waals surface area contributed by atoms with Crippen LogP contribution < -0.4 is 15.0 Å². The van der Waals surface area contributed by atoms with Crippen molar-refractivity contribution in [1.29, 1.82) is 0 Å². The first-order valence-corrected chi connectivity index (χ1v) is 13.0. The van der Waals surface area contributed by atoms with Crippen LogP contribution in [0.3, 0.4) is 0 Å². The number of thioether (sulfide) groups is 1. The number of piperazine rings is 1. The first-order chi connectivity index (χ1) is 16.5. The van der Waals surface area contributed by atoms with Gasteiger partial charge in [0.2, 0.25) is 11.8 Å². The highest BCUT2D eigenvalue weighted by Gasteiger charge is 2.22. The molecule has 2 heterocycles. The van der Waals surface area contributed by atoms with Crippen molar-refractivity contribution in [3.63, 3.8) is 0 Å². The van der Waals surface area contributed by atoms with Crippen molar-refractivity contribution < 1.29 is 14.3 Å². The van der Waals surface area contributed by atoms with Crippen LogP contribution in [0.5, 0.6) is 5.75 Å². The monoisotopic (exact) mass is 496 g/mol. The summed E-state index contributed by atoms with van der Waals surface area (Å²) in [5.74, 6) is 1.14. The summed E-state index contributed by atoms with van der Waals surface area (Å²) in [7, 11) is 1.66. The molecule has 0 aliphatic carbocycles. The quantitative estimate of drug-likeness (QED) is 0.474. The molecule has 9 heteroatoms. The van der Waals surface area contributed by atoms with Crippen LogP contribution in [-0.4, -0.2) is 60.7 Å². The fraction of sp³-hybridized carbons (Fsp3) is 0.320. The number of nitrogens with one attached hydrogen (secondary N) is 1. The number of benzene rings is 2. The van der Waals surface area contributed by atoms with Crippen molar-refractivity contribution in [2.45, 2.75) is 17.7 Å². The third-order valence-corrected chi connectivity index (χ3v) is 7.66. The van der Waals surface area contributed by atoms with Gasteiger partial charge in [0.25, 0.3) is 0 Å². The summed E-state index contributed by atoms with van der Waals surface area (Å²) in [5, 5.41) is 4.80. The standard InChI is InChI=1S/C25H28N4O3S2/c1-18-3-5-19(6-4-18)26-23(30)17-34-25-27-20(16-33-25)15-24(31)29-13-11-28(12-14-29)21-7-9-22(32-2)10-8-21/h3-10,16H,11-15,17H2,1-2H3,(H,26,30). The van der Waals surface area contributed by atoms with Gasteiger partial charge in [-0.05, 0) is 43.3 Å². The third kappa shape index (κ3) is 6.51. The number of methoxy groups -OCH3 is 1. The fourth-order valence-corrected chi connectivity index (χ4v) is 5.32. The first-order valence-electron chi connectivity index (χ1n) is 11.1. The molecule has 0 radical (unpaired) electrons. The maximum atomic E-state index is 12.8. The molecule has 2 aromatic carbocycles. The fourth-order valence-electron chi connectivity index (χ4n) is 3.67. The highest BCUT2D eigenvalue weighted by Crippen LogP contribution is 2.24. The van der Waals surface area contributed by atoms with Gasteiger partial charge in [0, 0.05) is 42.9 Å². The smallest absolute Gasteiger partial charge is 0.234 e. The molecule has 0 atom stereocenters. The minimum atomic E-state index is -0.0728. The Balaban J connectivity index is 1.21. The lowest BCUT2D eigenvalue weighted by Crippen LogP contribution is -2.49. The molecule has 1 aliphatic rings. The number of carbonyl (C=O) groups excluding carboxylic acids is 2. The predicted octanol–water partition coefficient (Wildman–Crippen LogP) is 4.08. The first kappa shape index (κ1) is 24.1. The highest BCUT2D eigenvalue weighted by atomic mass is 32.2. The second kappa shape index (κ2) is 11.4. The number of aromatic nitrogens is 1. The molecule has 0 saturated carbocycles. The van der Waals surface area contributed by atoms with Gasteiger partial charge in [0.05, 0.1) is 25.0 Å². The lowest BCUT2D eigenvalue weighted by molar-refractivity contribution is -0.130. The van der Waals surface area contributed by atoms with Crippen molar-refractivity contribution in [1.82, 2.24) is 9.88 Å². The van der Waals surface area contributed by atoms with Crippen LogP contribution in [0.4, 0.5) is 11.4 Å². The molecular formula is C25H28N4O3S2. The van der Waals surface area contributed by atoms with E-state index in [-0.39, 0.29) is 24.0 Å². The van der Waals surface area contributed by atoms with E-state index < -0.39 is 0 Å². The summed E-state index contributed by atoms with van der Waals surface area (Å²) in [6.07, 6.45) is 0.287. The van der Waals surface area contributed by atoms with Crippen LogP contribution in [0.15, 0.2) is 58.3 Å². The normalized spacial score (nSPS) is 13.6. The zero-order valence-electron chi connectivity index (χ0n) is 19.3. The summed E-state index contributed by atoms with van der Waals surface area (Å²) >= 11 is 2.86.